The van der Waals surface area contributed by atoms with Crippen molar-refractivity contribution in [3.63, 3.8) is 0 Å². The third-order valence-corrected chi connectivity index (χ3v) is 13.3. The molecule has 2 atom stereocenters. The summed E-state index contributed by atoms with van der Waals surface area (Å²) >= 11 is 5.00. The minimum Gasteiger partial charge on any atom is -0.472 e. The topological polar surface area (TPSA) is 106 Å². The number of rotatable bonds is 16. The summed E-state index contributed by atoms with van der Waals surface area (Å²) in [7, 11) is 1.81. The van der Waals surface area contributed by atoms with Crippen LogP contribution in [0, 0.1) is 22.7 Å². The minimum absolute atomic E-state index is 0.00767. The molecule has 4 heterocycles. The number of piperidine rings is 1. The fraction of sp³-hybridized carbons (Fsp3) is 0.476. The highest BCUT2D eigenvalue weighted by molar-refractivity contribution is 8.01. The number of likely N-dealkylation sites (N-methyl/N-ethyl adjacent to an activating group) is 1. The Bertz CT molecular complexity index is 1920. The van der Waals surface area contributed by atoms with E-state index in [1.54, 1.807) is 41.1 Å². The average Bonchev–Trinajstić information content (AvgIpc) is 3.95. The number of para-hydroxylation sites is 1. The number of fused-ring (bicyclic) bond motifs is 1. The summed E-state index contributed by atoms with van der Waals surface area (Å²) in [5.41, 5.74) is 3.41. The van der Waals surface area contributed by atoms with Gasteiger partial charge in [-0.15, -0.1) is 23.1 Å². The van der Waals surface area contributed by atoms with Gasteiger partial charge in [-0.25, -0.2) is 9.97 Å². The van der Waals surface area contributed by atoms with E-state index in [2.05, 4.69) is 83.5 Å². The molecular weight excluding hydrogens is 731 g/mol. The zero-order valence-electron chi connectivity index (χ0n) is 32.1. The van der Waals surface area contributed by atoms with Gasteiger partial charge in [-0.2, -0.15) is 5.26 Å². The van der Waals surface area contributed by atoms with Gasteiger partial charge in [0, 0.05) is 25.2 Å². The van der Waals surface area contributed by atoms with Crippen LogP contribution >= 0.6 is 34.4 Å². The van der Waals surface area contributed by atoms with Gasteiger partial charge >= 0.3 is 0 Å². The van der Waals surface area contributed by atoms with Gasteiger partial charge in [0.05, 0.1) is 32.4 Å². The molecule has 2 aliphatic rings. The van der Waals surface area contributed by atoms with Gasteiger partial charge in [0.25, 0.3) is 5.91 Å². The van der Waals surface area contributed by atoms with Crippen molar-refractivity contribution >= 4 is 61.8 Å². The molecule has 0 saturated carbocycles. The standard InChI is InChI=1S/C42H53N7O2S3/c1-6-10-34(48(5)40(50)32(24-43)23-38-47-33-12-7-8-13-35(33)53-38)31-16-14-29(15-17-31)11-9-20-49-21-18-30(19-22-49)25-45-41-46-27-39(54-41)52-28-37-44-26-36(51-37)42(2,3)4/h7-8,12-17,23,26-27,30,34,37,44H,6,9-11,18-22,25,28H2,1-5H3,(H,45,46)/b32-23+. The third-order valence-electron chi connectivity index (χ3n) is 10.1. The maximum Gasteiger partial charge on any atom is 0.264 e. The lowest BCUT2D eigenvalue weighted by Crippen LogP contribution is -2.36. The number of nitriles is 1. The van der Waals surface area contributed by atoms with Crippen LogP contribution in [0.25, 0.3) is 16.3 Å². The van der Waals surface area contributed by atoms with Crippen LogP contribution in [-0.2, 0) is 16.0 Å². The van der Waals surface area contributed by atoms with Crippen molar-refractivity contribution in [2.45, 2.75) is 82.7 Å². The lowest BCUT2D eigenvalue weighted by molar-refractivity contribution is -0.127. The summed E-state index contributed by atoms with van der Waals surface area (Å²) in [6, 6.07) is 18.6. The molecule has 4 aromatic rings. The predicted molar refractivity (Wildman–Crippen MR) is 224 cm³/mol. The van der Waals surface area contributed by atoms with E-state index in [-0.39, 0.29) is 29.2 Å². The van der Waals surface area contributed by atoms with Crippen molar-refractivity contribution < 1.29 is 9.53 Å². The van der Waals surface area contributed by atoms with Crippen molar-refractivity contribution in [1.82, 2.24) is 25.1 Å². The molecule has 1 fully saturated rings. The van der Waals surface area contributed by atoms with Crippen LogP contribution in [0.15, 0.2) is 76.5 Å². The Kier molecular flexibility index (Phi) is 13.7. The lowest BCUT2D eigenvalue weighted by atomic mass is 9.95. The molecule has 2 N–H and O–H groups in total. The summed E-state index contributed by atoms with van der Waals surface area (Å²) in [5.74, 6) is 2.25. The molecule has 0 aliphatic carbocycles. The van der Waals surface area contributed by atoms with Crippen LogP contribution in [-0.4, -0.2) is 70.9 Å². The highest BCUT2D eigenvalue weighted by Gasteiger charge is 2.28. The molecule has 12 heteroatoms. The second-order valence-electron chi connectivity index (χ2n) is 15.2. The van der Waals surface area contributed by atoms with Crippen LogP contribution < -0.4 is 10.6 Å². The van der Waals surface area contributed by atoms with Gasteiger partial charge in [0.15, 0.2) is 11.4 Å². The van der Waals surface area contributed by atoms with Crippen molar-refractivity contribution in [2.75, 3.05) is 44.3 Å². The Labute approximate surface area is 332 Å². The number of thioether (sulfide) groups is 1. The van der Waals surface area contributed by atoms with Gasteiger partial charge in [-0.05, 0) is 87.0 Å². The third kappa shape index (κ3) is 10.7. The van der Waals surface area contributed by atoms with Gasteiger partial charge in [-0.1, -0.05) is 81.9 Å². The van der Waals surface area contributed by atoms with Crippen LogP contribution in [0.5, 0.6) is 0 Å². The first-order chi connectivity index (χ1) is 26.1. The quantitative estimate of drug-likeness (QED) is 0.0654. The number of benzene rings is 2. The normalized spacial score (nSPS) is 17.4. The molecule has 54 heavy (non-hydrogen) atoms. The molecule has 6 rings (SSSR count). The van der Waals surface area contributed by atoms with Crippen LogP contribution in [0.3, 0.4) is 0 Å². The monoisotopic (exact) mass is 783 g/mol. The number of anilines is 1. The fourth-order valence-corrected chi connectivity index (χ4v) is 9.65. The van der Waals surface area contributed by atoms with Gasteiger partial charge in [0.2, 0.25) is 0 Å². The predicted octanol–water partition coefficient (Wildman–Crippen LogP) is 9.34. The van der Waals surface area contributed by atoms with Gasteiger partial charge in [-0.3, -0.25) is 4.79 Å². The number of hydrogen-bond acceptors (Lipinski definition) is 11. The summed E-state index contributed by atoms with van der Waals surface area (Å²) in [6.45, 7) is 13.0. The maximum absolute atomic E-state index is 13.5. The van der Waals surface area contributed by atoms with Crippen molar-refractivity contribution in [3.8, 4) is 6.07 Å². The number of hydrogen-bond donors (Lipinski definition) is 2. The van der Waals surface area contributed by atoms with Gasteiger partial charge in [0.1, 0.15) is 22.4 Å². The first kappa shape index (κ1) is 39.8. The van der Waals surface area contributed by atoms with E-state index in [0.717, 1.165) is 84.3 Å². The zero-order valence-corrected chi connectivity index (χ0v) is 34.6. The second kappa shape index (κ2) is 18.6. The Morgan fingerprint density at radius 1 is 1.19 bits per heavy atom. The Balaban J connectivity index is 0.902. The molecular formula is C42H53N7O2S3. The molecule has 286 valence electrons. The number of carbonyl (C=O) groups is 1. The summed E-state index contributed by atoms with van der Waals surface area (Å²) < 4.78 is 8.31. The number of thiazole rings is 2. The SMILES string of the molecule is CCCC(c1ccc(CCCN2CCC(CNc3ncc(SCC4NC=C(C(C)(C)C)O4)s3)CC2)cc1)N(C)C(=O)/C(C#N)=C/c1nc2ccccc2s1. The Morgan fingerprint density at radius 2 is 1.96 bits per heavy atom. The van der Waals surface area contributed by atoms with E-state index in [9.17, 15) is 10.1 Å². The first-order valence-electron chi connectivity index (χ1n) is 19.1. The van der Waals surface area contributed by atoms with Crippen molar-refractivity contribution in [3.05, 3.63) is 88.4 Å². The highest BCUT2D eigenvalue weighted by Crippen LogP contribution is 2.34. The molecule has 0 radical (unpaired) electrons. The second-order valence-corrected chi connectivity index (χ2v) is 18.7. The molecule has 0 spiro atoms. The summed E-state index contributed by atoms with van der Waals surface area (Å²) in [6.07, 6.45) is 11.9. The smallest absolute Gasteiger partial charge is 0.264 e. The number of carbonyl (C=O) groups excluding carboxylic acids is 1. The molecule has 2 aliphatic heterocycles. The number of allylic oxidation sites excluding steroid dienone is 1. The number of ether oxygens (including phenoxy) is 1. The van der Waals surface area contributed by atoms with E-state index >= 15 is 0 Å². The molecule has 1 saturated heterocycles. The van der Waals surface area contributed by atoms with E-state index < -0.39 is 0 Å². The van der Waals surface area contributed by atoms with Gasteiger partial charge < -0.3 is 25.2 Å². The summed E-state index contributed by atoms with van der Waals surface area (Å²) in [4.78, 5) is 27.1. The number of aryl methyl sites for hydroxylation is 1. The first-order valence-corrected chi connectivity index (χ1v) is 21.7. The number of nitrogens with one attached hydrogen (secondary N) is 2. The number of aromatic nitrogens is 2. The van der Waals surface area contributed by atoms with E-state index in [4.69, 9.17) is 4.74 Å². The molecule has 9 nitrogen and oxygen atoms in total. The molecule has 2 aromatic carbocycles. The van der Waals surface area contributed by atoms with E-state index in [1.807, 2.05) is 36.7 Å². The van der Waals surface area contributed by atoms with Crippen LogP contribution in [0.2, 0.25) is 0 Å². The molecule has 2 unspecified atom stereocenters. The van der Waals surface area contributed by atoms with Crippen LogP contribution in [0.1, 0.15) is 82.0 Å². The number of likely N-dealkylation sites (tertiary alicyclic amines) is 1. The molecule has 1 amide bonds. The van der Waals surface area contributed by atoms with Crippen molar-refractivity contribution in [2.24, 2.45) is 11.3 Å². The van der Waals surface area contributed by atoms with E-state index in [1.165, 1.54) is 34.0 Å². The highest BCUT2D eigenvalue weighted by atomic mass is 32.2. The fourth-order valence-electron chi connectivity index (χ4n) is 6.90. The molecule has 2 aromatic heterocycles. The van der Waals surface area contributed by atoms with Crippen LogP contribution in [0.4, 0.5) is 5.13 Å². The largest absolute Gasteiger partial charge is 0.472 e. The number of amides is 1. The average molecular weight is 784 g/mol. The lowest BCUT2D eigenvalue weighted by Gasteiger charge is -2.32. The zero-order chi connectivity index (χ0) is 38.1. The molecule has 0 bridgehead atoms. The Morgan fingerprint density at radius 3 is 2.67 bits per heavy atom. The maximum atomic E-state index is 13.5. The minimum atomic E-state index is -0.276. The Hall–Kier alpha value is -3.89. The van der Waals surface area contributed by atoms with E-state index in [0.29, 0.717) is 10.9 Å². The summed E-state index contributed by atoms with van der Waals surface area (Å²) in [5, 5.41) is 18.5. The van der Waals surface area contributed by atoms with Crippen molar-refractivity contribution in [1.29, 1.82) is 5.26 Å². The number of nitrogens with zero attached hydrogens (tertiary/aromatic N) is 5.